The molecule has 3 rings (SSSR count). The summed E-state index contributed by atoms with van der Waals surface area (Å²) in [5, 5.41) is 0. The van der Waals surface area contributed by atoms with Crippen LogP contribution in [0.2, 0.25) is 0 Å². The lowest BCUT2D eigenvalue weighted by atomic mass is 9.85. The van der Waals surface area contributed by atoms with Gasteiger partial charge in [-0.05, 0) is 49.3 Å². The summed E-state index contributed by atoms with van der Waals surface area (Å²) >= 11 is 0. The van der Waals surface area contributed by atoms with Crippen LogP contribution in [0, 0.1) is 19.8 Å². The van der Waals surface area contributed by atoms with Gasteiger partial charge in [0.15, 0.2) is 5.78 Å². The standard InChI is InChI=1S/C17H18O/c1-11-7-12(2)9-15(8-11)13-3-5-16-14(10-13)4-6-17(16)18/h3,5,7-9,14H,4,6,10H2,1-2H3. The van der Waals surface area contributed by atoms with Crippen molar-refractivity contribution in [2.45, 2.75) is 33.1 Å². The Balaban J connectivity index is 1.97. The van der Waals surface area contributed by atoms with E-state index in [0.29, 0.717) is 11.7 Å². The number of Topliss-reactive ketones (excluding diaryl/α,β-unsaturated/α-hetero) is 1. The lowest BCUT2D eigenvalue weighted by Gasteiger charge is -2.19. The van der Waals surface area contributed by atoms with Gasteiger partial charge in [-0.1, -0.05) is 41.5 Å². The summed E-state index contributed by atoms with van der Waals surface area (Å²) in [7, 11) is 0. The van der Waals surface area contributed by atoms with E-state index in [2.05, 4.69) is 44.2 Å². The van der Waals surface area contributed by atoms with Crippen LogP contribution in [0.5, 0.6) is 0 Å². The van der Waals surface area contributed by atoms with Crippen molar-refractivity contribution >= 4 is 11.4 Å². The van der Waals surface area contributed by atoms with Gasteiger partial charge in [-0.3, -0.25) is 4.79 Å². The average Bonchev–Trinajstić information content (AvgIpc) is 2.69. The van der Waals surface area contributed by atoms with Crippen LogP contribution in [0.3, 0.4) is 0 Å². The number of allylic oxidation sites excluding steroid dienone is 4. The molecule has 0 spiro atoms. The van der Waals surface area contributed by atoms with E-state index in [0.717, 1.165) is 24.8 Å². The maximum Gasteiger partial charge on any atom is 0.159 e. The van der Waals surface area contributed by atoms with Crippen LogP contribution in [0.25, 0.3) is 5.57 Å². The molecule has 0 heterocycles. The van der Waals surface area contributed by atoms with E-state index < -0.39 is 0 Å². The predicted molar refractivity (Wildman–Crippen MR) is 74.3 cm³/mol. The molecule has 1 atom stereocenters. The number of benzene rings is 1. The van der Waals surface area contributed by atoms with Gasteiger partial charge in [0.25, 0.3) is 0 Å². The second-order valence-corrected chi connectivity index (χ2v) is 5.55. The third-order valence-electron chi connectivity index (χ3n) is 4.00. The molecular formula is C17H18O. The molecule has 0 saturated heterocycles. The summed E-state index contributed by atoms with van der Waals surface area (Å²) in [4.78, 5) is 11.7. The molecule has 0 aromatic heterocycles. The van der Waals surface area contributed by atoms with Crippen LogP contribution in [-0.2, 0) is 4.79 Å². The van der Waals surface area contributed by atoms with Crippen LogP contribution < -0.4 is 0 Å². The third kappa shape index (κ3) is 1.94. The maximum atomic E-state index is 11.7. The van der Waals surface area contributed by atoms with E-state index >= 15 is 0 Å². The normalized spacial score (nSPS) is 22.6. The van der Waals surface area contributed by atoms with Gasteiger partial charge in [0, 0.05) is 6.42 Å². The van der Waals surface area contributed by atoms with Crippen molar-refractivity contribution in [1.82, 2.24) is 0 Å². The van der Waals surface area contributed by atoms with Crippen molar-refractivity contribution in [2.24, 2.45) is 5.92 Å². The molecule has 1 heteroatoms. The molecule has 1 unspecified atom stereocenters. The highest BCUT2D eigenvalue weighted by atomic mass is 16.1. The molecule has 1 saturated carbocycles. The Hall–Kier alpha value is -1.63. The summed E-state index contributed by atoms with van der Waals surface area (Å²) < 4.78 is 0. The lowest BCUT2D eigenvalue weighted by Crippen LogP contribution is -2.06. The quantitative estimate of drug-likeness (QED) is 0.723. The Bertz CT molecular complexity index is 555. The fraction of sp³-hybridized carbons (Fsp3) is 0.353. The minimum Gasteiger partial charge on any atom is -0.295 e. The Morgan fingerprint density at radius 1 is 1.06 bits per heavy atom. The van der Waals surface area contributed by atoms with Gasteiger partial charge in [-0.15, -0.1) is 0 Å². The topological polar surface area (TPSA) is 17.1 Å². The first-order valence-corrected chi connectivity index (χ1v) is 6.66. The summed E-state index contributed by atoms with van der Waals surface area (Å²) in [5.74, 6) is 0.828. The number of rotatable bonds is 1. The van der Waals surface area contributed by atoms with Gasteiger partial charge >= 0.3 is 0 Å². The molecule has 0 amide bonds. The first kappa shape index (κ1) is 11.5. The molecule has 0 aliphatic heterocycles. The first-order chi connectivity index (χ1) is 8.63. The largest absolute Gasteiger partial charge is 0.295 e. The Morgan fingerprint density at radius 3 is 2.50 bits per heavy atom. The minimum absolute atomic E-state index is 0.357. The average molecular weight is 238 g/mol. The number of fused-ring (bicyclic) bond motifs is 1. The second-order valence-electron chi connectivity index (χ2n) is 5.55. The van der Waals surface area contributed by atoms with E-state index in [4.69, 9.17) is 0 Å². The molecule has 0 bridgehead atoms. The van der Waals surface area contributed by atoms with E-state index in [1.165, 1.54) is 22.3 Å². The lowest BCUT2D eigenvalue weighted by molar-refractivity contribution is -0.114. The number of ketones is 1. The Labute approximate surface area is 108 Å². The Morgan fingerprint density at radius 2 is 1.78 bits per heavy atom. The number of carbonyl (C=O) groups is 1. The molecule has 1 aromatic rings. The van der Waals surface area contributed by atoms with E-state index in [-0.39, 0.29) is 0 Å². The van der Waals surface area contributed by atoms with Gasteiger partial charge in [-0.2, -0.15) is 0 Å². The molecule has 1 fully saturated rings. The molecule has 18 heavy (non-hydrogen) atoms. The van der Waals surface area contributed by atoms with Crippen molar-refractivity contribution in [3.8, 4) is 0 Å². The van der Waals surface area contributed by atoms with Crippen LogP contribution in [0.1, 0.15) is 36.0 Å². The van der Waals surface area contributed by atoms with Crippen molar-refractivity contribution in [2.75, 3.05) is 0 Å². The second kappa shape index (κ2) is 4.24. The minimum atomic E-state index is 0.357. The van der Waals surface area contributed by atoms with Crippen LogP contribution in [-0.4, -0.2) is 5.78 Å². The van der Waals surface area contributed by atoms with E-state index in [9.17, 15) is 4.79 Å². The highest BCUT2D eigenvalue weighted by Crippen LogP contribution is 2.39. The number of hydrogen-bond acceptors (Lipinski definition) is 1. The fourth-order valence-electron chi connectivity index (χ4n) is 3.17. The third-order valence-corrected chi connectivity index (χ3v) is 4.00. The maximum absolute atomic E-state index is 11.7. The summed E-state index contributed by atoms with van der Waals surface area (Å²) in [5.41, 5.74) is 6.38. The predicted octanol–water partition coefficient (Wildman–Crippen LogP) is 4.00. The highest BCUT2D eigenvalue weighted by Gasteiger charge is 2.30. The summed E-state index contributed by atoms with van der Waals surface area (Å²) in [6.07, 6.45) is 7.00. The van der Waals surface area contributed by atoms with Gasteiger partial charge < -0.3 is 0 Å². The van der Waals surface area contributed by atoms with Gasteiger partial charge in [0.2, 0.25) is 0 Å². The zero-order chi connectivity index (χ0) is 12.7. The van der Waals surface area contributed by atoms with Gasteiger partial charge in [-0.25, -0.2) is 0 Å². The molecule has 2 aliphatic carbocycles. The first-order valence-electron chi connectivity index (χ1n) is 6.66. The zero-order valence-electron chi connectivity index (χ0n) is 11.0. The smallest absolute Gasteiger partial charge is 0.159 e. The van der Waals surface area contributed by atoms with Crippen molar-refractivity contribution in [1.29, 1.82) is 0 Å². The Kier molecular flexibility index (Phi) is 2.70. The number of hydrogen-bond donors (Lipinski definition) is 0. The molecule has 2 aliphatic rings. The number of carbonyl (C=O) groups excluding carboxylic acids is 1. The molecule has 0 N–H and O–H groups in total. The number of aryl methyl sites for hydroxylation is 2. The van der Waals surface area contributed by atoms with Crippen molar-refractivity contribution in [3.05, 3.63) is 52.6 Å². The summed E-state index contributed by atoms with van der Waals surface area (Å²) in [6.45, 7) is 4.28. The van der Waals surface area contributed by atoms with Gasteiger partial charge in [0.05, 0.1) is 0 Å². The molecule has 92 valence electrons. The van der Waals surface area contributed by atoms with Gasteiger partial charge in [0.1, 0.15) is 0 Å². The van der Waals surface area contributed by atoms with Crippen LogP contribution >= 0.6 is 0 Å². The molecular weight excluding hydrogens is 220 g/mol. The fourth-order valence-corrected chi connectivity index (χ4v) is 3.17. The van der Waals surface area contributed by atoms with Crippen LogP contribution in [0.15, 0.2) is 35.9 Å². The SMILES string of the molecule is Cc1cc(C)cc(C2=CC=C3C(=O)CCC3C2)c1. The van der Waals surface area contributed by atoms with E-state index in [1.54, 1.807) is 0 Å². The van der Waals surface area contributed by atoms with Crippen molar-refractivity contribution in [3.63, 3.8) is 0 Å². The summed E-state index contributed by atoms with van der Waals surface area (Å²) in [6, 6.07) is 6.69. The van der Waals surface area contributed by atoms with E-state index in [1.807, 2.05) is 0 Å². The molecule has 1 aromatic carbocycles. The monoisotopic (exact) mass is 238 g/mol. The van der Waals surface area contributed by atoms with Crippen LogP contribution in [0.4, 0.5) is 0 Å². The zero-order valence-corrected chi connectivity index (χ0v) is 11.0. The van der Waals surface area contributed by atoms with Crippen molar-refractivity contribution < 1.29 is 4.79 Å². The molecule has 0 radical (unpaired) electrons. The highest BCUT2D eigenvalue weighted by molar-refractivity contribution is 5.99. The molecule has 1 nitrogen and oxygen atoms in total.